The molecule has 0 radical (unpaired) electrons. The SMILES string of the molecule is Cc1cccc(C(=O)OC2C(C)c3ccccc3C(c3ccccc3C)C2OC(=O)c2cccc(C)c2)c1. The summed E-state index contributed by atoms with van der Waals surface area (Å²) in [6.45, 7) is 7.98. The van der Waals surface area contributed by atoms with Gasteiger partial charge in [-0.25, -0.2) is 9.59 Å². The quantitative estimate of drug-likeness (QED) is 0.267. The molecule has 0 N–H and O–H groups in total. The largest absolute Gasteiger partial charge is 0.454 e. The van der Waals surface area contributed by atoms with Crippen LogP contribution in [0, 0.1) is 20.8 Å². The first-order valence-corrected chi connectivity index (χ1v) is 13.0. The first-order chi connectivity index (χ1) is 18.3. The molecular weight excluding hydrogens is 472 g/mol. The molecular formula is C34H32O4. The van der Waals surface area contributed by atoms with E-state index in [4.69, 9.17) is 9.47 Å². The van der Waals surface area contributed by atoms with Gasteiger partial charge in [0.15, 0.2) is 6.10 Å². The molecule has 4 atom stereocenters. The number of ether oxygens (including phenoxy) is 2. The molecule has 4 aromatic carbocycles. The molecule has 0 aliphatic heterocycles. The van der Waals surface area contributed by atoms with E-state index < -0.39 is 24.1 Å². The van der Waals surface area contributed by atoms with E-state index in [2.05, 4.69) is 31.2 Å². The minimum absolute atomic E-state index is 0.185. The Balaban J connectivity index is 1.62. The van der Waals surface area contributed by atoms with Gasteiger partial charge in [0.25, 0.3) is 0 Å². The van der Waals surface area contributed by atoms with Gasteiger partial charge in [0.1, 0.15) is 6.10 Å². The molecule has 0 bridgehead atoms. The Morgan fingerprint density at radius 2 is 1.08 bits per heavy atom. The molecule has 5 rings (SSSR count). The number of aryl methyl sites for hydroxylation is 3. The number of carbonyl (C=O) groups is 2. The van der Waals surface area contributed by atoms with Gasteiger partial charge in [-0.15, -0.1) is 0 Å². The topological polar surface area (TPSA) is 52.6 Å². The Labute approximate surface area is 224 Å². The smallest absolute Gasteiger partial charge is 0.338 e. The van der Waals surface area contributed by atoms with Crippen LogP contribution in [0.5, 0.6) is 0 Å². The molecule has 0 spiro atoms. The zero-order valence-electron chi connectivity index (χ0n) is 22.2. The highest BCUT2D eigenvalue weighted by Gasteiger charge is 2.46. The van der Waals surface area contributed by atoms with Crippen molar-refractivity contribution >= 4 is 11.9 Å². The van der Waals surface area contributed by atoms with Crippen molar-refractivity contribution in [2.45, 2.75) is 51.7 Å². The second-order valence-corrected chi connectivity index (χ2v) is 10.2. The maximum atomic E-state index is 13.5. The van der Waals surface area contributed by atoms with Gasteiger partial charge in [-0.05, 0) is 67.3 Å². The number of benzene rings is 4. The predicted octanol–water partition coefficient (Wildman–Crippen LogP) is 7.31. The number of carbonyl (C=O) groups excluding carboxylic acids is 2. The summed E-state index contributed by atoms with van der Waals surface area (Å²) in [5, 5.41) is 0. The van der Waals surface area contributed by atoms with Crippen molar-refractivity contribution in [2.24, 2.45) is 0 Å². The predicted molar refractivity (Wildman–Crippen MR) is 149 cm³/mol. The fraction of sp³-hybridized carbons (Fsp3) is 0.235. The minimum Gasteiger partial charge on any atom is -0.454 e. The van der Waals surface area contributed by atoms with E-state index in [-0.39, 0.29) is 11.8 Å². The summed E-state index contributed by atoms with van der Waals surface area (Å²) in [5.74, 6) is -1.34. The Bertz CT molecular complexity index is 1490. The first kappa shape index (κ1) is 25.5. The summed E-state index contributed by atoms with van der Waals surface area (Å²) in [6.07, 6.45) is -1.40. The lowest BCUT2D eigenvalue weighted by Crippen LogP contribution is -2.46. The van der Waals surface area contributed by atoms with Crippen LogP contribution in [0.1, 0.15) is 72.9 Å². The van der Waals surface area contributed by atoms with Crippen molar-refractivity contribution in [3.63, 3.8) is 0 Å². The van der Waals surface area contributed by atoms with E-state index >= 15 is 0 Å². The van der Waals surface area contributed by atoms with Gasteiger partial charge in [-0.3, -0.25) is 0 Å². The lowest BCUT2D eigenvalue weighted by molar-refractivity contribution is -0.0532. The van der Waals surface area contributed by atoms with Crippen LogP contribution in [-0.2, 0) is 9.47 Å². The summed E-state index contributed by atoms with van der Waals surface area (Å²) in [5.41, 5.74) is 7.20. The molecule has 0 heterocycles. The van der Waals surface area contributed by atoms with Gasteiger partial charge in [-0.2, -0.15) is 0 Å². The number of hydrogen-bond acceptors (Lipinski definition) is 4. The third-order valence-electron chi connectivity index (χ3n) is 7.48. The maximum absolute atomic E-state index is 13.5. The van der Waals surface area contributed by atoms with Crippen LogP contribution in [0.3, 0.4) is 0 Å². The highest BCUT2D eigenvalue weighted by Crippen LogP contribution is 2.46. The van der Waals surface area contributed by atoms with Gasteiger partial charge in [0, 0.05) is 5.92 Å². The van der Waals surface area contributed by atoms with E-state index in [9.17, 15) is 9.59 Å². The standard InChI is InChI=1S/C34H32O4/c1-21-11-9-14-25(19-21)33(35)37-31-24(4)28-17-7-8-18-29(28)30(27-16-6-5-13-23(27)3)32(31)38-34(36)26-15-10-12-22(2)20-26/h5-20,24,30-32H,1-4H3. The monoisotopic (exact) mass is 504 g/mol. The van der Waals surface area contributed by atoms with Crippen molar-refractivity contribution in [1.82, 2.24) is 0 Å². The molecule has 1 aliphatic rings. The van der Waals surface area contributed by atoms with Gasteiger partial charge in [0.2, 0.25) is 0 Å². The summed E-state index contributed by atoms with van der Waals surface area (Å²) >= 11 is 0. The van der Waals surface area contributed by atoms with Crippen LogP contribution in [-0.4, -0.2) is 24.1 Å². The maximum Gasteiger partial charge on any atom is 0.338 e. The first-order valence-electron chi connectivity index (χ1n) is 13.0. The molecule has 4 nitrogen and oxygen atoms in total. The summed E-state index contributed by atoms with van der Waals surface area (Å²) < 4.78 is 12.6. The fourth-order valence-electron chi connectivity index (χ4n) is 5.55. The summed E-state index contributed by atoms with van der Waals surface area (Å²) in [6, 6.07) is 31.0. The number of esters is 2. The normalized spacial score (nSPS) is 20.3. The zero-order valence-corrected chi connectivity index (χ0v) is 22.2. The highest BCUT2D eigenvalue weighted by molar-refractivity contribution is 5.91. The third-order valence-corrected chi connectivity index (χ3v) is 7.48. The summed E-state index contributed by atoms with van der Waals surface area (Å²) in [4.78, 5) is 26.9. The molecule has 38 heavy (non-hydrogen) atoms. The van der Waals surface area contributed by atoms with Crippen LogP contribution in [0.15, 0.2) is 97.1 Å². The molecule has 1 aliphatic carbocycles. The zero-order chi connectivity index (χ0) is 26.8. The fourth-order valence-corrected chi connectivity index (χ4v) is 5.55. The van der Waals surface area contributed by atoms with Crippen LogP contribution in [0.4, 0.5) is 0 Å². The van der Waals surface area contributed by atoms with Crippen molar-refractivity contribution in [3.05, 3.63) is 142 Å². The average Bonchev–Trinajstić information content (AvgIpc) is 2.91. The number of fused-ring (bicyclic) bond motifs is 1. The molecule has 0 amide bonds. The average molecular weight is 505 g/mol. The lowest BCUT2D eigenvalue weighted by Gasteiger charge is -2.42. The van der Waals surface area contributed by atoms with Gasteiger partial charge < -0.3 is 9.47 Å². The van der Waals surface area contributed by atoms with Crippen LogP contribution < -0.4 is 0 Å². The lowest BCUT2D eigenvalue weighted by atomic mass is 9.70. The highest BCUT2D eigenvalue weighted by atomic mass is 16.6. The van der Waals surface area contributed by atoms with Gasteiger partial charge in [0.05, 0.1) is 17.0 Å². The Morgan fingerprint density at radius 1 is 0.579 bits per heavy atom. The Kier molecular flexibility index (Phi) is 7.15. The van der Waals surface area contributed by atoms with E-state index in [1.54, 1.807) is 12.1 Å². The van der Waals surface area contributed by atoms with Gasteiger partial charge >= 0.3 is 11.9 Å². The molecule has 4 aromatic rings. The second-order valence-electron chi connectivity index (χ2n) is 10.2. The molecule has 0 aromatic heterocycles. The molecule has 4 unspecified atom stereocenters. The second kappa shape index (κ2) is 10.7. The van der Waals surface area contributed by atoms with E-state index in [0.29, 0.717) is 11.1 Å². The van der Waals surface area contributed by atoms with Crippen LogP contribution in [0.2, 0.25) is 0 Å². The molecule has 0 fully saturated rings. The van der Waals surface area contributed by atoms with E-state index in [1.807, 2.05) is 81.4 Å². The molecule has 0 saturated carbocycles. The van der Waals surface area contributed by atoms with Gasteiger partial charge in [-0.1, -0.05) is 90.8 Å². The molecule has 4 heteroatoms. The van der Waals surface area contributed by atoms with E-state index in [0.717, 1.165) is 33.4 Å². The van der Waals surface area contributed by atoms with E-state index in [1.165, 1.54) is 0 Å². The van der Waals surface area contributed by atoms with Crippen molar-refractivity contribution < 1.29 is 19.1 Å². The Hall–Kier alpha value is -4.18. The number of rotatable bonds is 5. The molecule has 0 saturated heterocycles. The summed E-state index contributed by atoms with van der Waals surface area (Å²) in [7, 11) is 0. The minimum atomic E-state index is -0.720. The third kappa shape index (κ3) is 4.99. The van der Waals surface area contributed by atoms with Crippen molar-refractivity contribution in [1.29, 1.82) is 0 Å². The molecule has 192 valence electrons. The number of hydrogen-bond donors (Lipinski definition) is 0. The Morgan fingerprint density at radius 3 is 1.63 bits per heavy atom. The van der Waals surface area contributed by atoms with Crippen molar-refractivity contribution in [3.8, 4) is 0 Å². The van der Waals surface area contributed by atoms with Crippen LogP contribution in [0.25, 0.3) is 0 Å². The van der Waals surface area contributed by atoms with Crippen molar-refractivity contribution in [2.75, 3.05) is 0 Å². The van der Waals surface area contributed by atoms with Crippen LogP contribution >= 0.6 is 0 Å².